The third-order valence-corrected chi connectivity index (χ3v) is 5.41. The van der Waals surface area contributed by atoms with E-state index in [2.05, 4.69) is 10.0 Å². The zero-order chi connectivity index (χ0) is 21.3. The van der Waals surface area contributed by atoms with Crippen LogP contribution >= 0.6 is 0 Å². The second-order valence-electron chi connectivity index (χ2n) is 6.26. The van der Waals surface area contributed by atoms with Crippen molar-refractivity contribution >= 4 is 21.6 Å². The van der Waals surface area contributed by atoms with E-state index >= 15 is 0 Å². The Hall–Kier alpha value is -2.98. The predicted octanol–water partition coefficient (Wildman–Crippen LogP) is 2.16. The van der Waals surface area contributed by atoms with Gasteiger partial charge in [-0.05, 0) is 37.6 Å². The van der Waals surface area contributed by atoms with Crippen molar-refractivity contribution in [2.45, 2.75) is 24.7 Å². The fourth-order valence-corrected chi connectivity index (χ4v) is 3.40. The van der Waals surface area contributed by atoms with Crippen LogP contribution in [-0.4, -0.2) is 38.9 Å². The third kappa shape index (κ3) is 7.51. The van der Waals surface area contributed by atoms with E-state index in [-0.39, 0.29) is 36.0 Å². The van der Waals surface area contributed by atoms with Gasteiger partial charge >= 0.3 is 0 Å². The van der Waals surface area contributed by atoms with Gasteiger partial charge in [0.15, 0.2) is 0 Å². The molecule has 0 aliphatic carbocycles. The standard InChI is InChI=1S/C19H23N3O6S/c1-15-4-8-17(9-5-15)28-14-2-3-19(23)20-12-13-21-29(26,27)18-10-6-16(7-11-18)22(24)25/h4-11,21H,2-3,12-14H2,1H3,(H,20,23). The van der Waals surface area contributed by atoms with Crippen molar-refractivity contribution in [3.63, 3.8) is 0 Å². The number of nitrogens with one attached hydrogen (secondary N) is 2. The molecular weight excluding hydrogens is 398 g/mol. The van der Waals surface area contributed by atoms with Gasteiger partial charge in [0.05, 0.1) is 16.4 Å². The molecular formula is C19H23N3O6S. The highest BCUT2D eigenvalue weighted by Gasteiger charge is 2.15. The van der Waals surface area contributed by atoms with Gasteiger partial charge < -0.3 is 10.1 Å². The molecule has 2 aromatic carbocycles. The van der Waals surface area contributed by atoms with E-state index in [4.69, 9.17) is 4.74 Å². The van der Waals surface area contributed by atoms with Gasteiger partial charge in [-0.25, -0.2) is 13.1 Å². The SMILES string of the molecule is Cc1ccc(OCCCC(=O)NCCNS(=O)(=O)c2ccc([N+](=O)[O-])cc2)cc1. The van der Waals surface area contributed by atoms with E-state index in [1.54, 1.807) is 0 Å². The fourth-order valence-electron chi connectivity index (χ4n) is 2.36. The van der Waals surface area contributed by atoms with Crippen molar-refractivity contribution in [2.75, 3.05) is 19.7 Å². The number of nitro groups is 1. The molecule has 10 heteroatoms. The number of aryl methyl sites for hydroxylation is 1. The van der Waals surface area contributed by atoms with E-state index in [0.29, 0.717) is 13.0 Å². The molecule has 2 N–H and O–H groups in total. The highest BCUT2D eigenvalue weighted by molar-refractivity contribution is 7.89. The summed E-state index contributed by atoms with van der Waals surface area (Å²) >= 11 is 0. The molecule has 0 bridgehead atoms. The van der Waals surface area contributed by atoms with Crippen LogP contribution in [0.3, 0.4) is 0 Å². The summed E-state index contributed by atoms with van der Waals surface area (Å²) in [5.41, 5.74) is 0.948. The van der Waals surface area contributed by atoms with Gasteiger partial charge in [-0.15, -0.1) is 0 Å². The van der Waals surface area contributed by atoms with Crippen molar-refractivity contribution in [2.24, 2.45) is 0 Å². The number of sulfonamides is 1. The number of amides is 1. The molecule has 0 unspecified atom stereocenters. The zero-order valence-corrected chi connectivity index (χ0v) is 16.8. The topological polar surface area (TPSA) is 128 Å². The first-order valence-corrected chi connectivity index (χ1v) is 10.5. The lowest BCUT2D eigenvalue weighted by Gasteiger charge is -2.09. The predicted molar refractivity (Wildman–Crippen MR) is 107 cm³/mol. The van der Waals surface area contributed by atoms with E-state index < -0.39 is 14.9 Å². The van der Waals surface area contributed by atoms with E-state index in [0.717, 1.165) is 35.6 Å². The molecule has 0 radical (unpaired) electrons. The molecule has 0 spiro atoms. The lowest BCUT2D eigenvalue weighted by Crippen LogP contribution is -2.34. The molecule has 0 aromatic heterocycles. The van der Waals surface area contributed by atoms with Crippen LogP contribution in [0.2, 0.25) is 0 Å². The van der Waals surface area contributed by atoms with Crippen molar-refractivity contribution in [1.82, 2.24) is 10.0 Å². The van der Waals surface area contributed by atoms with Crippen LogP contribution in [-0.2, 0) is 14.8 Å². The number of nitrogens with zero attached hydrogens (tertiary/aromatic N) is 1. The van der Waals surface area contributed by atoms with Crippen LogP contribution in [0.25, 0.3) is 0 Å². The highest BCUT2D eigenvalue weighted by atomic mass is 32.2. The third-order valence-electron chi connectivity index (χ3n) is 3.93. The number of non-ortho nitro benzene ring substituents is 1. The van der Waals surface area contributed by atoms with Gasteiger partial charge in [0.2, 0.25) is 15.9 Å². The van der Waals surface area contributed by atoms with Crippen LogP contribution in [0.4, 0.5) is 5.69 Å². The lowest BCUT2D eigenvalue weighted by atomic mass is 10.2. The number of hydrogen-bond acceptors (Lipinski definition) is 6. The summed E-state index contributed by atoms with van der Waals surface area (Å²) in [5.74, 6) is 0.545. The Labute approximate surface area is 169 Å². The van der Waals surface area contributed by atoms with Gasteiger partial charge in [-0.3, -0.25) is 14.9 Å². The maximum atomic E-state index is 12.1. The Balaban J connectivity index is 1.64. The number of carbonyl (C=O) groups is 1. The Bertz CT molecular complexity index is 927. The molecule has 0 saturated carbocycles. The van der Waals surface area contributed by atoms with Crippen LogP contribution < -0.4 is 14.8 Å². The van der Waals surface area contributed by atoms with Crippen molar-refractivity contribution in [1.29, 1.82) is 0 Å². The number of rotatable bonds is 11. The monoisotopic (exact) mass is 421 g/mol. The molecule has 2 aromatic rings. The van der Waals surface area contributed by atoms with Gasteiger partial charge in [-0.2, -0.15) is 0 Å². The number of nitro benzene ring substituents is 1. The maximum absolute atomic E-state index is 12.1. The summed E-state index contributed by atoms with van der Waals surface area (Å²) in [7, 11) is -3.80. The number of benzene rings is 2. The molecule has 0 aliphatic heterocycles. The normalized spacial score (nSPS) is 11.1. The van der Waals surface area contributed by atoms with Crippen molar-refractivity contribution < 1.29 is 22.9 Å². The van der Waals surface area contributed by atoms with Crippen molar-refractivity contribution in [3.8, 4) is 5.75 Å². The summed E-state index contributed by atoms with van der Waals surface area (Å²) in [5, 5.41) is 13.2. The highest BCUT2D eigenvalue weighted by Crippen LogP contribution is 2.15. The van der Waals surface area contributed by atoms with Gasteiger partial charge in [0.1, 0.15) is 5.75 Å². The summed E-state index contributed by atoms with van der Waals surface area (Å²) in [4.78, 5) is 21.7. The second-order valence-corrected chi connectivity index (χ2v) is 8.03. The average Bonchev–Trinajstić information content (AvgIpc) is 2.70. The summed E-state index contributed by atoms with van der Waals surface area (Å²) in [6.45, 7) is 2.53. The Morgan fingerprint density at radius 1 is 1.07 bits per heavy atom. The number of hydrogen-bond donors (Lipinski definition) is 2. The maximum Gasteiger partial charge on any atom is 0.269 e. The molecule has 2 rings (SSSR count). The minimum atomic E-state index is -3.80. The first-order valence-electron chi connectivity index (χ1n) is 8.98. The van der Waals surface area contributed by atoms with E-state index in [9.17, 15) is 23.3 Å². The van der Waals surface area contributed by atoms with Gasteiger partial charge in [-0.1, -0.05) is 17.7 Å². The molecule has 156 valence electrons. The minimum absolute atomic E-state index is 0.00489. The Morgan fingerprint density at radius 2 is 1.72 bits per heavy atom. The first-order chi connectivity index (χ1) is 13.8. The molecule has 0 saturated heterocycles. The lowest BCUT2D eigenvalue weighted by molar-refractivity contribution is -0.384. The zero-order valence-electron chi connectivity index (χ0n) is 16.0. The smallest absolute Gasteiger partial charge is 0.269 e. The molecule has 0 fully saturated rings. The summed E-state index contributed by atoms with van der Waals surface area (Å²) in [6, 6.07) is 12.2. The van der Waals surface area contributed by atoms with Crippen molar-refractivity contribution in [3.05, 3.63) is 64.2 Å². The second kappa shape index (κ2) is 10.5. The molecule has 1 amide bonds. The number of ether oxygens (including phenoxy) is 1. The quantitative estimate of drug-likeness (QED) is 0.325. The average molecular weight is 421 g/mol. The van der Waals surface area contributed by atoms with Crippen LogP contribution in [0.5, 0.6) is 5.75 Å². The van der Waals surface area contributed by atoms with Crippen LogP contribution in [0, 0.1) is 17.0 Å². The molecule has 0 atom stereocenters. The minimum Gasteiger partial charge on any atom is -0.494 e. The van der Waals surface area contributed by atoms with E-state index in [1.807, 2.05) is 31.2 Å². The summed E-state index contributed by atoms with van der Waals surface area (Å²) < 4.78 is 32.1. The Kier molecular flexibility index (Phi) is 8.10. The van der Waals surface area contributed by atoms with Gasteiger partial charge in [0.25, 0.3) is 5.69 Å². The largest absolute Gasteiger partial charge is 0.494 e. The fraction of sp³-hybridized carbons (Fsp3) is 0.316. The molecule has 0 heterocycles. The van der Waals surface area contributed by atoms with E-state index in [1.165, 1.54) is 0 Å². The number of carbonyl (C=O) groups excluding carboxylic acids is 1. The molecule has 0 aliphatic rings. The first kappa shape index (κ1) is 22.3. The molecule has 9 nitrogen and oxygen atoms in total. The van der Waals surface area contributed by atoms with Crippen LogP contribution in [0.15, 0.2) is 53.4 Å². The Morgan fingerprint density at radius 3 is 2.34 bits per heavy atom. The van der Waals surface area contributed by atoms with Gasteiger partial charge in [0, 0.05) is 31.6 Å². The summed E-state index contributed by atoms with van der Waals surface area (Å²) in [6.07, 6.45) is 0.801. The molecule has 29 heavy (non-hydrogen) atoms. The van der Waals surface area contributed by atoms with Crippen LogP contribution in [0.1, 0.15) is 18.4 Å².